The Morgan fingerprint density at radius 3 is 2.55 bits per heavy atom. The van der Waals surface area contributed by atoms with Crippen LogP contribution in [-0.2, 0) is 16.4 Å². The van der Waals surface area contributed by atoms with Crippen molar-refractivity contribution in [3.8, 4) is 17.1 Å². The Morgan fingerprint density at radius 2 is 1.84 bits per heavy atom. The molecular formula is C22H22N4O4S. The lowest BCUT2D eigenvalue weighted by molar-refractivity contribution is 0.0951. The van der Waals surface area contributed by atoms with Gasteiger partial charge in [-0.15, -0.1) is 0 Å². The summed E-state index contributed by atoms with van der Waals surface area (Å²) in [4.78, 5) is 25.3. The van der Waals surface area contributed by atoms with Crippen LogP contribution in [0, 0.1) is 0 Å². The van der Waals surface area contributed by atoms with Gasteiger partial charge in [-0.3, -0.25) is 14.8 Å². The zero-order chi connectivity index (χ0) is 21.8. The van der Waals surface area contributed by atoms with Gasteiger partial charge < -0.3 is 10.1 Å². The fourth-order valence-electron chi connectivity index (χ4n) is 3.07. The quantitative estimate of drug-likeness (QED) is 0.576. The molecule has 0 unspecified atom stereocenters. The number of carbonyl (C=O) groups excluding carboxylic acids is 1. The number of hydrogen-bond donors (Lipinski definition) is 1. The van der Waals surface area contributed by atoms with Crippen molar-refractivity contribution in [1.82, 2.24) is 20.3 Å². The van der Waals surface area contributed by atoms with E-state index in [0.29, 0.717) is 42.1 Å². The maximum absolute atomic E-state index is 12.5. The molecule has 1 aliphatic rings. The van der Waals surface area contributed by atoms with E-state index in [1.54, 1.807) is 48.9 Å². The van der Waals surface area contributed by atoms with Crippen molar-refractivity contribution in [1.29, 1.82) is 0 Å². The fourth-order valence-corrected chi connectivity index (χ4v) is 4.73. The first kappa shape index (κ1) is 20.9. The number of benzene rings is 1. The number of aromatic nitrogens is 3. The Bertz CT molecular complexity index is 1190. The second kappa shape index (κ2) is 8.81. The standard InChI is InChI=1S/C22H22N4O4S/c1-2-30-21-14-24-13-20(26-21)16-3-5-17(6-4-16)22(27)25-11-15-9-19(12-23-10-15)31(28,29)18-7-8-18/h3-6,9-10,12-14,18H,2,7-8,11H2,1H3,(H,25,27). The van der Waals surface area contributed by atoms with Crippen LogP contribution in [-0.4, -0.2) is 41.1 Å². The van der Waals surface area contributed by atoms with Crippen LogP contribution in [0.3, 0.4) is 0 Å². The average Bonchev–Trinajstić information content (AvgIpc) is 3.64. The van der Waals surface area contributed by atoms with Crippen LogP contribution in [0.5, 0.6) is 5.88 Å². The molecule has 0 radical (unpaired) electrons. The van der Waals surface area contributed by atoms with Crippen LogP contribution < -0.4 is 10.1 Å². The third kappa shape index (κ3) is 4.88. The number of hydrogen-bond acceptors (Lipinski definition) is 7. The van der Waals surface area contributed by atoms with Gasteiger partial charge in [-0.1, -0.05) is 12.1 Å². The third-order valence-electron chi connectivity index (χ3n) is 4.86. The summed E-state index contributed by atoms with van der Waals surface area (Å²) in [6.07, 6.45) is 7.49. The number of nitrogens with zero attached hydrogens (tertiary/aromatic N) is 3. The molecule has 0 saturated heterocycles. The normalized spacial score (nSPS) is 13.6. The summed E-state index contributed by atoms with van der Waals surface area (Å²) in [5, 5.41) is 2.51. The number of ether oxygens (including phenoxy) is 1. The minimum atomic E-state index is -3.31. The van der Waals surface area contributed by atoms with E-state index in [4.69, 9.17) is 4.74 Å². The van der Waals surface area contributed by atoms with Gasteiger partial charge in [0.05, 0.1) is 34.8 Å². The van der Waals surface area contributed by atoms with Gasteiger partial charge in [0.1, 0.15) is 0 Å². The van der Waals surface area contributed by atoms with Gasteiger partial charge in [-0.25, -0.2) is 13.4 Å². The first-order chi connectivity index (χ1) is 15.0. The second-order valence-electron chi connectivity index (χ2n) is 7.21. The molecule has 160 valence electrons. The van der Waals surface area contributed by atoms with Gasteiger partial charge >= 0.3 is 0 Å². The predicted octanol–water partition coefficient (Wildman–Crippen LogP) is 2.80. The first-order valence-electron chi connectivity index (χ1n) is 9.98. The van der Waals surface area contributed by atoms with Gasteiger partial charge in [-0.2, -0.15) is 0 Å². The molecule has 0 aliphatic heterocycles. The molecule has 0 spiro atoms. The lowest BCUT2D eigenvalue weighted by Crippen LogP contribution is -2.23. The van der Waals surface area contributed by atoms with Crippen molar-refractivity contribution < 1.29 is 17.9 Å². The number of pyridine rings is 1. The van der Waals surface area contributed by atoms with Gasteiger partial charge in [0.25, 0.3) is 5.91 Å². The molecule has 3 aromatic rings. The Hall–Kier alpha value is -3.33. The highest BCUT2D eigenvalue weighted by Crippen LogP contribution is 2.33. The summed E-state index contributed by atoms with van der Waals surface area (Å²) in [5.41, 5.74) is 2.58. The highest BCUT2D eigenvalue weighted by Gasteiger charge is 2.37. The zero-order valence-corrected chi connectivity index (χ0v) is 17.8. The fraction of sp³-hybridized carbons (Fsp3) is 0.273. The smallest absolute Gasteiger partial charge is 0.251 e. The van der Waals surface area contributed by atoms with E-state index >= 15 is 0 Å². The molecule has 0 bridgehead atoms. The summed E-state index contributed by atoms with van der Waals surface area (Å²) in [7, 11) is -3.31. The van der Waals surface area contributed by atoms with Crippen molar-refractivity contribution in [3.05, 3.63) is 66.2 Å². The minimum absolute atomic E-state index is 0.184. The highest BCUT2D eigenvalue weighted by atomic mass is 32.2. The van der Waals surface area contributed by atoms with Gasteiger partial charge in [-0.05, 0) is 43.5 Å². The molecule has 1 aliphatic carbocycles. The van der Waals surface area contributed by atoms with E-state index in [0.717, 1.165) is 5.56 Å². The van der Waals surface area contributed by atoms with E-state index in [1.165, 1.54) is 6.20 Å². The molecule has 0 atom stereocenters. The average molecular weight is 439 g/mol. The molecule has 8 nitrogen and oxygen atoms in total. The molecule has 1 saturated carbocycles. The van der Waals surface area contributed by atoms with Crippen LogP contribution >= 0.6 is 0 Å². The number of amides is 1. The van der Waals surface area contributed by atoms with Gasteiger partial charge in [0, 0.05) is 30.1 Å². The molecule has 1 fully saturated rings. The van der Waals surface area contributed by atoms with Crippen molar-refractivity contribution in [2.24, 2.45) is 0 Å². The molecule has 1 aromatic carbocycles. The van der Waals surface area contributed by atoms with E-state index in [-0.39, 0.29) is 22.6 Å². The molecule has 9 heteroatoms. The predicted molar refractivity (Wildman–Crippen MR) is 114 cm³/mol. The van der Waals surface area contributed by atoms with Gasteiger partial charge in [0.2, 0.25) is 5.88 Å². The Balaban J connectivity index is 1.41. The maximum atomic E-state index is 12.5. The Labute approximate surface area is 180 Å². The van der Waals surface area contributed by atoms with E-state index in [2.05, 4.69) is 20.3 Å². The topological polar surface area (TPSA) is 111 Å². The summed E-state index contributed by atoms with van der Waals surface area (Å²) in [5.74, 6) is 0.178. The SMILES string of the molecule is CCOc1cncc(-c2ccc(C(=O)NCc3cncc(S(=O)(=O)C4CC4)c3)cc2)n1. The van der Waals surface area contributed by atoms with Crippen LogP contribution in [0.25, 0.3) is 11.3 Å². The maximum Gasteiger partial charge on any atom is 0.251 e. The molecule has 1 N–H and O–H groups in total. The summed E-state index contributed by atoms with van der Waals surface area (Å²) in [6, 6.07) is 8.56. The van der Waals surface area contributed by atoms with Crippen LogP contribution in [0.15, 0.2) is 60.0 Å². The molecular weight excluding hydrogens is 416 g/mol. The lowest BCUT2D eigenvalue weighted by atomic mass is 10.1. The highest BCUT2D eigenvalue weighted by molar-refractivity contribution is 7.92. The van der Waals surface area contributed by atoms with Crippen molar-refractivity contribution >= 4 is 15.7 Å². The molecule has 31 heavy (non-hydrogen) atoms. The molecule has 2 aromatic heterocycles. The Morgan fingerprint density at radius 1 is 1.10 bits per heavy atom. The van der Waals surface area contributed by atoms with Crippen molar-refractivity contribution in [2.75, 3.05) is 6.61 Å². The van der Waals surface area contributed by atoms with Gasteiger partial charge in [0.15, 0.2) is 9.84 Å². The molecule has 2 heterocycles. The first-order valence-corrected chi connectivity index (χ1v) is 11.5. The summed E-state index contributed by atoms with van der Waals surface area (Å²) < 4.78 is 30.1. The monoisotopic (exact) mass is 438 g/mol. The zero-order valence-electron chi connectivity index (χ0n) is 17.0. The van der Waals surface area contributed by atoms with E-state index in [1.807, 2.05) is 6.92 Å². The molecule has 4 rings (SSSR count). The Kier molecular flexibility index (Phi) is 5.94. The van der Waals surface area contributed by atoms with Crippen LogP contribution in [0.1, 0.15) is 35.7 Å². The van der Waals surface area contributed by atoms with Crippen LogP contribution in [0.2, 0.25) is 0 Å². The molecule has 1 amide bonds. The summed E-state index contributed by atoms with van der Waals surface area (Å²) >= 11 is 0. The third-order valence-corrected chi connectivity index (χ3v) is 7.09. The van der Waals surface area contributed by atoms with E-state index in [9.17, 15) is 13.2 Å². The van der Waals surface area contributed by atoms with E-state index < -0.39 is 9.84 Å². The van der Waals surface area contributed by atoms with Crippen molar-refractivity contribution in [3.63, 3.8) is 0 Å². The van der Waals surface area contributed by atoms with Crippen molar-refractivity contribution in [2.45, 2.75) is 36.5 Å². The second-order valence-corrected chi connectivity index (χ2v) is 9.44. The lowest BCUT2D eigenvalue weighted by Gasteiger charge is -2.08. The number of nitrogens with one attached hydrogen (secondary N) is 1. The number of carbonyl (C=O) groups is 1. The number of sulfone groups is 1. The summed E-state index contributed by atoms with van der Waals surface area (Å²) in [6.45, 7) is 2.56. The minimum Gasteiger partial charge on any atom is -0.477 e. The van der Waals surface area contributed by atoms with Crippen LogP contribution in [0.4, 0.5) is 0 Å². The largest absolute Gasteiger partial charge is 0.477 e. The number of rotatable bonds is 8.